The van der Waals surface area contributed by atoms with Crippen molar-refractivity contribution in [3.63, 3.8) is 0 Å². The highest BCUT2D eigenvalue weighted by atomic mass is 16.1. The number of hydrogen-bond donors (Lipinski definition) is 2. The maximum atomic E-state index is 11.8. The van der Waals surface area contributed by atoms with Crippen LogP contribution in [0.15, 0.2) is 24.3 Å². The van der Waals surface area contributed by atoms with Crippen molar-refractivity contribution in [2.45, 2.75) is 25.8 Å². The van der Waals surface area contributed by atoms with Crippen molar-refractivity contribution in [1.82, 2.24) is 15.5 Å². The summed E-state index contributed by atoms with van der Waals surface area (Å²) in [4.78, 5) is 13.9. The van der Waals surface area contributed by atoms with E-state index in [0.29, 0.717) is 13.0 Å². The maximum absolute atomic E-state index is 11.8. The number of hydrogen-bond acceptors (Lipinski definition) is 3. The molecule has 0 saturated carbocycles. The smallest absolute Gasteiger partial charge is 0.220 e. The minimum Gasteiger partial charge on any atom is -0.354 e. The number of amides is 1. The Kier molecular flexibility index (Phi) is 7.26. The molecule has 112 valence electrons. The van der Waals surface area contributed by atoms with E-state index < -0.39 is 0 Å². The standard InChI is InChI=1S/C16H27N3O/c1-13-7-9-14(10-8-13)15(19(3)4)12-18-16(20)6-5-11-17-2/h7-10,15,17H,5-6,11-12H2,1-4H3,(H,18,20). The fourth-order valence-electron chi connectivity index (χ4n) is 2.11. The first-order valence-electron chi connectivity index (χ1n) is 7.19. The first kappa shape index (κ1) is 16.7. The Bertz CT molecular complexity index is 401. The molecule has 0 aliphatic heterocycles. The molecule has 1 atom stereocenters. The van der Waals surface area contributed by atoms with Gasteiger partial charge < -0.3 is 15.5 Å². The summed E-state index contributed by atoms with van der Waals surface area (Å²) in [6.07, 6.45) is 1.45. The molecule has 4 nitrogen and oxygen atoms in total. The molecule has 1 amide bonds. The zero-order valence-corrected chi connectivity index (χ0v) is 13.1. The van der Waals surface area contributed by atoms with Gasteiger partial charge >= 0.3 is 0 Å². The van der Waals surface area contributed by atoms with Crippen LogP contribution in [-0.2, 0) is 4.79 Å². The molecule has 0 aliphatic carbocycles. The van der Waals surface area contributed by atoms with Gasteiger partial charge in [0, 0.05) is 13.0 Å². The van der Waals surface area contributed by atoms with Gasteiger partial charge in [-0.05, 0) is 46.6 Å². The monoisotopic (exact) mass is 277 g/mol. The van der Waals surface area contributed by atoms with Gasteiger partial charge in [0.2, 0.25) is 5.91 Å². The van der Waals surface area contributed by atoms with E-state index in [1.54, 1.807) is 0 Å². The summed E-state index contributed by atoms with van der Waals surface area (Å²) in [5, 5.41) is 6.08. The molecule has 1 aromatic rings. The van der Waals surface area contributed by atoms with Crippen molar-refractivity contribution in [3.05, 3.63) is 35.4 Å². The predicted molar refractivity (Wildman–Crippen MR) is 83.8 cm³/mol. The highest BCUT2D eigenvalue weighted by Crippen LogP contribution is 2.17. The number of nitrogens with one attached hydrogen (secondary N) is 2. The summed E-state index contributed by atoms with van der Waals surface area (Å²) in [7, 11) is 5.98. The van der Waals surface area contributed by atoms with Crippen LogP contribution in [0.4, 0.5) is 0 Å². The molecule has 0 spiro atoms. The Labute approximate surface area is 122 Å². The molecule has 0 bridgehead atoms. The van der Waals surface area contributed by atoms with Crippen molar-refractivity contribution < 1.29 is 4.79 Å². The van der Waals surface area contributed by atoms with Crippen LogP contribution in [0.2, 0.25) is 0 Å². The lowest BCUT2D eigenvalue weighted by Gasteiger charge is -2.25. The van der Waals surface area contributed by atoms with Crippen molar-refractivity contribution in [3.8, 4) is 0 Å². The molecule has 0 fully saturated rings. The molecule has 1 aromatic carbocycles. The van der Waals surface area contributed by atoms with E-state index >= 15 is 0 Å². The molecule has 20 heavy (non-hydrogen) atoms. The van der Waals surface area contributed by atoms with Crippen molar-refractivity contribution in [2.75, 3.05) is 34.2 Å². The number of carbonyl (C=O) groups excluding carboxylic acids is 1. The largest absolute Gasteiger partial charge is 0.354 e. The fourth-order valence-corrected chi connectivity index (χ4v) is 2.11. The van der Waals surface area contributed by atoms with Crippen molar-refractivity contribution >= 4 is 5.91 Å². The first-order chi connectivity index (χ1) is 9.54. The molecule has 2 N–H and O–H groups in total. The molecule has 0 saturated heterocycles. The molecule has 0 heterocycles. The maximum Gasteiger partial charge on any atom is 0.220 e. The fraction of sp³-hybridized carbons (Fsp3) is 0.562. The number of carbonyl (C=O) groups is 1. The van der Waals surface area contributed by atoms with Gasteiger partial charge in [-0.25, -0.2) is 0 Å². The molecule has 0 radical (unpaired) electrons. The van der Waals surface area contributed by atoms with Crippen LogP contribution in [0.3, 0.4) is 0 Å². The van der Waals surface area contributed by atoms with E-state index in [1.807, 2.05) is 21.1 Å². The van der Waals surface area contributed by atoms with Gasteiger partial charge in [0.25, 0.3) is 0 Å². The minimum absolute atomic E-state index is 0.124. The average molecular weight is 277 g/mol. The molecule has 1 unspecified atom stereocenters. The van der Waals surface area contributed by atoms with E-state index in [9.17, 15) is 4.79 Å². The topological polar surface area (TPSA) is 44.4 Å². The van der Waals surface area contributed by atoms with Gasteiger partial charge in [-0.15, -0.1) is 0 Å². The van der Waals surface area contributed by atoms with Crippen LogP contribution in [0.25, 0.3) is 0 Å². The first-order valence-corrected chi connectivity index (χ1v) is 7.19. The minimum atomic E-state index is 0.124. The SMILES string of the molecule is CNCCCC(=O)NCC(c1ccc(C)cc1)N(C)C. The molecule has 4 heteroatoms. The zero-order chi connectivity index (χ0) is 15.0. The average Bonchev–Trinajstić information content (AvgIpc) is 2.41. The third-order valence-corrected chi connectivity index (χ3v) is 3.41. The molecule has 0 aliphatic rings. The number of rotatable bonds is 8. The quantitative estimate of drug-likeness (QED) is 0.711. The van der Waals surface area contributed by atoms with Crippen LogP contribution < -0.4 is 10.6 Å². The molecular weight excluding hydrogens is 250 g/mol. The third kappa shape index (κ3) is 5.72. The van der Waals surface area contributed by atoms with E-state index in [1.165, 1.54) is 11.1 Å². The Morgan fingerprint density at radius 3 is 2.45 bits per heavy atom. The normalized spacial score (nSPS) is 12.4. The number of likely N-dealkylation sites (N-methyl/N-ethyl adjacent to an activating group) is 1. The summed E-state index contributed by atoms with van der Waals surface area (Å²) in [5.41, 5.74) is 2.48. The van der Waals surface area contributed by atoms with Crippen LogP contribution in [-0.4, -0.2) is 45.0 Å². The Balaban J connectivity index is 2.51. The van der Waals surface area contributed by atoms with Crippen LogP contribution in [0, 0.1) is 6.92 Å². The zero-order valence-electron chi connectivity index (χ0n) is 13.1. The summed E-state index contributed by atoms with van der Waals surface area (Å²) in [6.45, 7) is 3.61. The van der Waals surface area contributed by atoms with Crippen LogP contribution in [0.5, 0.6) is 0 Å². The van der Waals surface area contributed by atoms with Gasteiger partial charge in [-0.1, -0.05) is 29.8 Å². The van der Waals surface area contributed by atoms with Crippen molar-refractivity contribution in [1.29, 1.82) is 0 Å². The van der Waals surface area contributed by atoms with E-state index in [2.05, 4.69) is 46.7 Å². The van der Waals surface area contributed by atoms with Gasteiger partial charge in [0.1, 0.15) is 0 Å². The van der Waals surface area contributed by atoms with E-state index in [0.717, 1.165) is 13.0 Å². The number of aryl methyl sites for hydroxylation is 1. The number of nitrogens with zero attached hydrogens (tertiary/aromatic N) is 1. The molecule has 0 aromatic heterocycles. The summed E-state index contributed by atoms with van der Waals surface area (Å²) >= 11 is 0. The van der Waals surface area contributed by atoms with Gasteiger partial charge in [-0.3, -0.25) is 4.79 Å². The molecule has 1 rings (SSSR count). The second-order valence-corrected chi connectivity index (χ2v) is 5.40. The second-order valence-electron chi connectivity index (χ2n) is 5.40. The predicted octanol–water partition coefficient (Wildman–Crippen LogP) is 1.71. The highest BCUT2D eigenvalue weighted by Gasteiger charge is 2.14. The van der Waals surface area contributed by atoms with E-state index in [4.69, 9.17) is 0 Å². The summed E-state index contributed by atoms with van der Waals surface area (Å²) in [5.74, 6) is 0.124. The molecular formula is C16H27N3O. The second kappa shape index (κ2) is 8.72. The highest BCUT2D eigenvalue weighted by molar-refractivity contribution is 5.75. The van der Waals surface area contributed by atoms with Gasteiger partial charge in [-0.2, -0.15) is 0 Å². The lowest BCUT2D eigenvalue weighted by molar-refractivity contribution is -0.121. The summed E-state index contributed by atoms with van der Waals surface area (Å²) < 4.78 is 0. The van der Waals surface area contributed by atoms with Gasteiger partial charge in [0.05, 0.1) is 6.04 Å². The van der Waals surface area contributed by atoms with Crippen molar-refractivity contribution in [2.24, 2.45) is 0 Å². The Morgan fingerprint density at radius 2 is 1.90 bits per heavy atom. The Hall–Kier alpha value is -1.39. The number of benzene rings is 1. The lowest BCUT2D eigenvalue weighted by Crippen LogP contribution is -2.34. The van der Waals surface area contributed by atoms with E-state index in [-0.39, 0.29) is 11.9 Å². The Morgan fingerprint density at radius 1 is 1.25 bits per heavy atom. The summed E-state index contributed by atoms with van der Waals surface area (Å²) in [6, 6.07) is 8.70. The van der Waals surface area contributed by atoms with Crippen LogP contribution in [0.1, 0.15) is 30.0 Å². The third-order valence-electron chi connectivity index (χ3n) is 3.41. The van der Waals surface area contributed by atoms with Gasteiger partial charge in [0.15, 0.2) is 0 Å². The van der Waals surface area contributed by atoms with Crippen LogP contribution >= 0.6 is 0 Å². The lowest BCUT2D eigenvalue weighted by atomic mass is 10.0.